The van der Waals surface area contributed by atoms with Gasteiger partial charge in [-0.15, -0.1) is 5.10 Å². The molecule has 0 aliphatic heterocycles. The van der Waals surface area contributed by atoms with Gasteiger partial charge in [0.1, 0.15) is 11.6 Å². The molecule has 0 aliphatic rings. The van der Waals surface area contributed by atoms with Gasteiger partial charge in [0.2, 0.25) is 0 Å². The number of para-hydroxylation sites is 1. The van der Waals surface area contributed by atoms with Crippen LogP contribution in [0, 0.1) is 5.82 Å². The molecular formula is C17H14FN5O3. The molecule has 0 fully saturated rings. The predicted molar refractivity (Wildman–Crippen MR) is 88.0 cm³/mol. The van der Waals surface area contributed by atoms with Crippen molar-refractivity contribution in [2.75, 3.05) is 0 Å². The number of tetrazole rings is 1. The van der Waals surface area contributed by atoms with E-state index in [1.165, 1.54) is 41.9 Å². The van der Waals surface area contributed by atoms with E-state index >= 15 is 0 Å². The summed E-state index contributed by atoms with van der Waals surface area (Å²) >= 11 is 0. The number of hydrogen-bond acceptors (Lipinski definition) is 6. The van der Waals surface area contributed by atoms with Crippen molar-refractivity contribution >= 4 is 11.9 Å². The third-order valence-electron chi connectivity index (χ3n) is 3.38. The van der Waals surface area contributed by atoms with Crippen LogP contribution in [0.1, 0.15) is 23.1 Å². The molecule has 1 amide bonds. The van der Waals surface area contributed by atoms with Gasteiger partial charge >= 0.3 is 5.97 Å². The van der Waals surface area contributed by atoms with E-state index in [4.69, 9.17) is 4.74 Å². The summed E-state index contributed by atoms with van der Waals surface area (Å²) in [4.78, 5) is 23.6. The topological polar surface area (TPSA) is 99.0 Å². The maximum Gasteiger partial charge on any atom is 0.308 e. The van der Waals surface area contributed by atoms with Crippen LogP contribution in [0.15, 0.2) is 48.5 Å². The average molecular weight is 355 g/mol. The number of rotatable bonds is 5. The zero-order chi connectivity index (χ0) is 18.5. The zero-order valence-electron chi connectivity index (χ0n) is 13.7. The Bertz CT molecular complexity index is 957. The standard InChI is InChI=1S/C17H14FN5O3/c1-11(24)26-15-8-3-2-7-14(15)17(25)19-10-16-20-21-22-23(16)13-6-4-5-12(18)9-13/h2-9H,10H2,1H3,(H,19,25). The molecule has 1 heterocycles. The maximum absolute atomic E-state index is 13.4. The van der Waals surface area contributed by atoms with Gasteiger partial charge in [-0.1, -0.05) is 18.2 Å². The molecule has 1 N–H and O–H groups in total. The largest absolute Gasteiger partial charge is 0.426 e. The number of amides is 1. The van der Waals surface area contributed by atoms with Gasteiger partial charge in [0.15, 0.2) is 5.82 Å². The number of carbonyl (C=O) groups is 2. The number of ether oxygens (including phenoxy) is 1. The second kappa shape index (κ2) is 7.51. The zero-order valence-corrected chi connectivity index (χ0v) is 13.7. The van der Waals surface area contributed by atoms with Crippen molar-refractivity contribution in [3.05, 3.63) is 65.7 Å². The summed E-state index contributed by atoms with van der Waals surface area (Å²) in [6.07, 6.45) is 0. The number of aromatic nitrogens is 4. The fourth-order valence-electron chi connectivity index (χ4n) is 2.28. The van der Waals surface area contributed by atoms with E-state index in [1.54, 1.807) is 18.2 Å². The van der Waals surface area contributed by atoms with Crippen molar-refractivity contribution in [1.82, 2.24) is 25.5 Å². The van der Waals surface area contributed by atoms with E-state index in [0.717, 1.165) is 0 Å². The Morgan fingerprint density at radius 3 is 2.77 bits per heavy atom. The molecule has 0 aliphatic carbocycles. The molecule has 0 unspecified atom stereocenters. The Kier molecular flexibility index (Phi) is 4.97. The van der Waals surface area contributed by atoms with E-state index in [1.807, 2.05) is 0 Å². The first-order valence-electron chi connectivity index (χ1n) is 7.63. The molecule has 2 aromatic carbocycles. The van der Waals surface area contributed by atoms with Crippen molar-refractivity contribution in [3.8, 4) is 11.4 Å². The normalized spacial score (nSPS) is 10.4. The Balaban J connectivity index is 1.76. The quantitative estimate of drug-likeness (QED) is 0.552. The fraction of sp³-hybridized carbons (Fsp3) is 0.118. The van der Waals surface area contributed by atoms with Crippen LogP contribution in [0.5, 0.6) is 5.75 Å². The first-order valence-corrected chi connectivity index (χ1v) is 7.63. The monoisotopic (exact) mass is 355 g/mol. The van der Waals surface area contributed by atoms with E-state index in [0.29, 0.717) is 11.5 Å². The van der Waals surface area contributed by atoms with Gasteiger partial charge in [-0.25, -0.2) is 4.39 Å². The minimum atomic E-state index is -0.528. The van der Waals surface area contributed by atoms with Crippen LogP contribution >= 0.6 is 0 Å². The molecule has 0 saturated carbocycles. The molecule has 0 saturated heterocycles. The Morgan fingerprint density at radius 1 is 1.19 bits per heavy atom. The van der Waals surface area contributed by atoms with Crippen LogP contribution in [0.4, 0.5) is 4.39 Å². The highest BCUT2D eigenvalue weighted by Crippen LogP contribution is 2.18. The van der Waals surface area contributed by atoms with Gasteiger partial charge in [0.25, 0.3) is 5.91 Å². The highest BCUT2D eigenvalue weighted by atomic mass is 19.1. The Morgan fingerprint density at radius 2 is 2.00 bits per heavy atom. The number of carbonyl (C=O) groups excluding carboxylic acids is 2. The number of nitrogens with one attached hydrogen (secondary N) is 1. The minimum absolute atomic E-state index is 0.00322. The maximum atomic E-state index is 13.4. The molecule has 0 atom stereocenters. The summed E-state index contributed by atoms with van der Waals surface area (Å²) in [6.45, 7) is 1.25. The molecule has 3 rings (SSSR count). The van der Waals surface area contributed by atoms with Crippen molar-refractivity contribution < 1.29 is 18.7 Å². The summed E-state index contributed by atoms with van der Waals surface area (Å²) in [6, 6.07) is 12.1. The van der Waals surface area contributed by atoms with Gasteiger partial charge in [-0.3, -0.25) is 9.59 Å². The minimum Gasteiger partial charge on any atom is -0.426 e. The van der Waals surface area contributed by atoms with Crippen LogP contribution in [-0.4, -0.2) is 32.1 Å². The summed E-state index contributed by atoms with van der Waals surface area (Å²) in [7, 11) is 0. The first kappa shape index (κ1) is 17.2. The molecule has 1 aromatic heterocycles. The molecule has 0 spiro atoms. The van der Waals surface area contributed by atoms with Crippen LogP contribution in [-0.2, 0) is 11.3 Å². The number of esters is 1. The van der Waals surface area contributed by atoms with Crippen molar-refractivity contribution in [1.29, 1.82) is 0 Å². The average Bonchev–Trinajstić information content (AvgIpc) is 3.08. The van der Waals surface area contributed by atoms with Gasteiger partial charge in [-0.2, -0.15) is 4.68 Å². The predicted octanol–water partition coefficient (Wildman–Crippen LogP) is 1.66. The summed E-state index contributed by atoms with van der Waals surface area (Å²) < 4.78 is 19.7. The van der Waals surface area contributed by atoms with Gasteiger partial charge < -0.3 is 10.1 Å². The lowest BCUT2D eigenvalue weighted by atomic mass is 10.2. The van der Waals surface area contributed by atoms with Gasteiger partial charge in [-0.05, 0) is 40.8 Å². The van der Waals surface area contributed by atoms with Crippen molar-refractivity contribution in [2.24, 2.45) is 0 Å². The SMILES string of the molecule is CC(=O)Oc1ccccc1C(=O)NCc1nnnn1-c1cccc(F)c1. The van der Waals surface area contributed by atoms with Crippen LogP contribution in [0.2, 0.25) is 0 Å². The van der Waals surface area contributed by atoms with Gasteiger partial charge in [0.05, 0.1) is 17.8 Å². The summed E-state index contributed by atoms with van der Waals surface area (Å²) in [5, 5.41) is 13.8. The molecular weight excluding hydrogens is 341 g/mol. The van der Waals surface area contributed by atoms with E-state index < -0.39 is 17.7 Å². The molecule has 0 bridgehead atoms. The first-order chi connectivity index (χ1) is 12.5. The second-order valence-electron chi connectivity index (χ2n) is 5.26. The lowest BCUT2D eigenvalue weighted by Crippen LogP contribution is -2.25. The molecule has 8 nitrogen and oxygen atoms in total. The summed E-state index contributed by atoms with van der Waals surface area (Å²) in [5.41, 5.74) is 0.632. The van der Waals surface area contributed by atoms with Crippen LogP contribution in [0.25, 0.3) is 5.69 Å². The molecule has 9 heteroatoms. The molecule has 132 valence electrons. The van der Waals surface area contributed by atoms with Gasteiger partial charge in [0, 0.05) is 6.92 Å². The van der Waals surface area contributed by atoms with Crippen LogP contribution in [0.3, 0.4) is 0 Å². The Hall–Kier alpha value is -3.62. The number of benzene rings is 2. The third-order valence-corrected chi connectivity index (χ3v) is 3.38. The van der Waals surface area contributed by atoms with Crippen molar-refractivity contribution in [3.63, 3.8) is 0 Å². The Labute approximate surface area is 147 Å². The molecule has 0 radical (unpaired) electrons. The number of nitrogens with zero attached hydrogens (tertiary/aromatic N) is 4. The third kappa shape index (κ3) is 3.89. The van der Waals surface area contributed by atoms with Crippen LogP contribution < -0.4 is 10.1 Å². The second-order valence-corrected chi connectivity index (χ2v) is 5.26. The van der Waals surface area contributed by atoms with Crippen molar-refractivity contribution in [2.45, 2.75) is 13.5 Å². The summed E-state index contributed by atoms with van der Waals surface area (Å²) in [5.74, 6) is -0.949. The van der Waals surface area contributed by atoms with E-state index in [9.17, 15) is 14.0 Å². The number of halogens is 1. The highest BCUT2D eigenvalue weighted by Gasteiger charge is 2.15. The van der Waals surface area contributed by atoms with E-state index in [-0.39, 0.29) is 17.9 Å². The fourth-order valence-corrected chi connectivity index (χ4v) is 2.28. The lowest BCUT2D eigenvalue weighted by Gasteiger charge is -2.09. The molecule has 3 aromatic rings. The molecule has 26 heavy (non-hydrogen) atoms. The highest BCUT2D eigenvalue weighted by molar-refractivity contribution is 5.97. The van der Waals surface area contributed by atoms with E-state index in [2.05, 4.69) is 20.8 Å². The number of hydrogen-bond donors (Lipinski definition) is 1. The lowest BCUT2D eigenvalue weighted by molar-refractivity contribution is -0.131. The smallest absolute Gasteiger partial charge is 0.308 e.